The van der Waals surface area contributed by atoms with Crippen molar-refractivity contribution in [1.29, 1.82) is 0 Å². The smallest absolute Gasteiger partial charge is 0.0745 e. The highest BCUT2D eigenvalue weighted by atomic mass is 14.8. The molecule has 2 aromatic carbocycles. The number of hydrogen-bond donors (Lipinski definition) is 0. The van der Waals surface area contributed by atoms with Crippen molar-refractivity contribution in [2.24, 2.45) is 4.99 Å². The van der Waals surface area contributed by atoms with Gasteiger partial charge >= 0.3 is 0 Å². The van der Waals surface area contributed by atoms with Crippen molar-refractivity contribution in [3.05, 3.63) is 83.4 Å². The van der Waals surface area contributed by atoms with Crippen molar-refractivity contribution in [3.8, 4) is 0 Å². The van der Waals surface area contributed by atoms with Crippen LogP contribution in [0.5, 0.6) is 0 Å². The number of allylic oxidation sites excluding steroid dienone is 4. The topological polar surface area (TPSA) is 12.4 Å². The first-order chi connectivity index (χ1) is 9.92. The maximum absolute atomic E-state index is 4.83. The molecule has 4 rings (SSSR count). The van der Waals surface area contributed by atoms with Crippen molar-refractivity contribution < 1.29 is 0 Å². The van der Waals surface area contributed by atoms with Crippen molar-refractivity contribution in [2.45, 2.75) is 12.8 Å². The molecule has 0 spiro atoms. The second-order valence-corrected chi connectivity index (χ2v) is 5.22. The zero-order valence-corrected chi connectivity index (χ0v) is 11.2. The highest BCUT2D eigenvalue weighted by Gasteiger charge is 2.24. The minimum Gasteiger partial charge on any atom is -0.247 e. The SMILES string of the molecule is C1=C(Cc2ccccc2)C2=Nc3ccccc3C2=CC1. The van der Waals surface area contributed by atoms with E-state index in [2.05, 4.69) is 66.7 Å². The van der Waals surface area contributed by atoms with Crippen LogP contribution in [0.15, 0.2) is 77.3 Å². The summed E-state index contributed by atoms with van der Waals surface area (Å²) in [6, 6.07) is 19.0. The second-order valence-electron chi connectivity index (χ2n) is 5.22. The van der Waals surface area contributed by atoms with Gasteiger partial charge in [0, 0.05) is 11.1 Å². The van der Waals surface area contributed by atoms with Crippen LogP contribution in [0.3, 0.4) is 0 Å². The molecule has 1 aliphatic heterocycles. The average molecular weight is 257 g/mol. The molecule has 96 valence electrons. The Morgan fingerprint density at radius 1 is 0.850 bits per heavy atom. The van der Waals surface area contributed by atoms with E-state index in [1.54, 1.807) is 0 Å². The molecule has 0 radical (unpaired) electrons. The van der Waals surface area contributed by atoms with Gasteiger partial charge in [-0.15, -0.1) is 0 Å². The van der Waals surface area contributed by atoms with Gasteiger partial charge in [-0.2, -0.15) is 0 Å². The molecule has 0 atom stereocenters. The average Bonchev–Trinajstić information content (AvgIpc) is 2.88. The molecular weight excluding hydrogens is 242 g/mol. The molecule has 0 saturated heterocycles. The van der Waals surface area contributed by atoms with Gasteiger partial charge in [0.25, 0.3) is 0 Å². The van der Waals surface area contributed by atoms with E-state index in [1.165, 1.54) is 28.0 Å². The summed E-state index contributed by atoms with van der Waals surface area (Å²) in [5, 5.41) is 0. The first-order valence-electron chi connectivity index (χ1n) is 7.04. The highest BCUT2D eigenvalue weighted by molar-refractivity contribution is 6.36. The Hall–Kier alpha value is -2.41. The predicted molar refractivity (Wildman–Crippen MR) is 84.4 cm³/mol. The molecule has 2 aliphatic rings. The molecule has 0 saturated carbocycles. The lowest BCUT2D eigenvalue weighted by atomic mass is 9.89. The van der Waals surface area contributed by atoms with Crippen molar-refractivity contribution in [1.82, 2.24) is 0 Å². The maximum atomic E-state index is 4.83. The number of para-hydroxylation sites is 1. The van der Waals surface area contributed by atoms with E-state index in [0.29, 0.717) is 0 Å². The molecule has 2 aromatic rings. The van der Waals surface area contributed by atoms with Gasteiger partial charge in [-0.25, -0.2) is 4.99 Å². The third-order valence-corrected chi connectivity index (χ3v) is 3.91. The molecule has 20 heavy (non-hydrogen) atoms. The first-order valence-corrected chi connectivity index (χ1v) is 7.04. The summed E-state index contributed by atoms with van der Waals surface area (Å²) >= 11 is 0. The highest BCUT2D eigenvalue weighted by Crippen LogP contribution is 2.39. The normalized spacial score (nSPS) is 15.9. The Kier molecular flexibility index (Phi) is 2.63. The van der Waals surface area contributed by atoms with E-state index in [1.807, 2.05) is 0 Å². The molecule has 0 bridgehead atoms. The van der Waals surface area contributed by atoms with E-state index >= 15 is 0 Å². The molecule has 1 aliphatic carbocycles. The van der Waals surface area contributed by atoms with E-state index in [9.17, 15) is 0 Å². The summed E-state index contributed by atoms with van der Waals surface area (Å²) in [5.74, 6) is 0. The molecule has 0 unspecified atom stereocenters. The van der Waals surface area contributed by atoms with E-state index in [4.69, 9.17) is 4.99 Å². The Morgan fingerprint density at radius 2 is 1.65 bits per heavy atom. The maximum Gasteiger partial charge on any atom is 0.0745 e. The Labute approximate surface area is 119 Å². The van der Waals surface area contributed by atoms with Crippen LogP contribution in [0, 0.1) is 0 Å². The fourth-order valence-electron chi connectivity index (χ4n) is 2.95. The molecule has 1 heteroatoms. The van der Waals surface area contributed by atoms with Gasteiger partial charge in [-0.05, 0) is 30.0 Å². The second kappa shape index (κ2) is 4.61. The zero-order valence-electron chi connectivity index (χ0n) is 11.2. The summed E-state index contributed by atoms with van der Waals surface area (Å²) < 4.78 is 0. The van der Waals surface area contributed by atoms with Gasteiger partial charge in [0.15, 0.2) is 0 Å². The number of fused-ring (bicyclic) bond motifs is 3. The lowest BCUT2D eigenvalue weighted by Crippen LogP contribution is -2.08. The fraction of sp³-hybridized carbons (Fsp3) is 0.105. The molecule has 0 amide bonds. The number of aliphatic imine (C=N–C) groups is 1. The number of benzene rings is 2. The van der Waals surface area contributed by atoms with Gasteiger partial charge < -0.3 is 0 Å². The van der Waals surface area contributed by atoms with Crippen LogP contribution < -0.4 is 0 Å². The van der Waals surface area contributed by atoms with Crippen molar-refractivity contribution >= 4 is 17.0 Å². The minimum atomic E-state index is 0.963. The lowest BCUT2D eigenvalue weighted by molar-refractivity contribution is 1.18. The van der Waals surface area contributed by atoms with Crippen molar-refractivity contribution in [3.63, 3.8) is 0 Å². The van der Waals surface area contributed by atoms with Crippen LogP contribution in [0.1, 0.15) is 17.5 Å². The predicted octanol–water partition coefficient (Wildman–Crippen LogP) is 4.73. The zero-order chi connectivity index (χ0) is 13.4. The van der Waals surface area contributed by atoms with E-state index in [0.717, 1.165) is 18.5 Å². The summed E-state index contributed by atoms with van der Waals surface area (Å²) in [4.78, 5) is 4.83. The monoisotopic (exact) mass is 257 g/mol. The number of nitrogens with zero attached hydrogens (tertiary/aromatic N) is 1. The molecule has 1 nitrogen and oxygen atoms in total. The van der Waals surface area contributed by atoms with Crippen LogP contribution in [0.25, 0.3) is 5.57 Å². The Bertz CT molecular complexity index is 748. The summed E-state index contributed by atoms with van der Waals surface area (Å²) in [5.41, 5.74) is 7.56. The summed E-state index contributed by atoms with van der Waals surface area (Å²) in [6.45, 7) is 0. The van der Waals surface area contributed by atoms with Crippen LogP contribution in [-0.4, -0.2) is 5.71 Å². The van der Waals surface area contributed by atoms with Gasteiger partial charge in [0.2, 0.25) is 0 Å². The summed E-state index contributed by atoms with van der Waals surface area (Å²) in [6.07, 6.45) is 6.57. The third-order valence-electron chi connectivity index (χ3n) is 3.91. The van der Waals surface area contributed by atoms with Gasteiger partial charge in [0.05, 0.1) is 11.4 Å². The van der Waals surface area contributed by atoms with E-state index < -0.39 is 0 Å². The molecule has 0 fully saturated rings. The van der Waals surface area contributed by atoms with Gasteiger partial charge in [-0.1, -0.05) is 60.7 Å². The quantitative estimate of drug-likeness (QED) is 0.737. The third kappa shape index (κ3) is 1.83. The van der Waals surface area contributed by atoms with Crippen LogP contribution in [0.4, 0.5) is 5.69 Å². The lowest BCUT2D eigenvalue weighted by Gasteiger charge is -2.14. The Morgan fingerprint density at radius 3 is 2.55 bits per heavy atom. The number of hydrogen-bond acceptors (Lipinski definition) is 1. The molecule has 1 heterocycles. The van der Waals surface area contributed by atoms with Gasteiger partial charge in [0.1, 0.15) is 0 Å². The van der Waals surface area contributed by atoms with Gasteiger partial charge in [-0.3, -0.25) is 0 Å². The van der Waals surface area contributed by atoms with E-state index in [-0.39, 0.29) is 0 Å². The first kappa shape index (κ1) is 11.4. The van der Waals surface area contributed by atoms with Crippen molar-refractivity contribution in [2.75, 3.05) is 0 Å². The fourth-order valence-corrected chi connectivity index (χ4v) is 2.95. The minimum absolute atomic E-state index is 0.963. The summed E-state index contributed by atoms with van der Waals surface area (Å²) in [7, 11) is 0. The molecular formula is C19H15N. The largest absolute Gasteiger partial charge is 0.247 e. The Balaban J connectivity index is 1.70. The molecule has 0 N–H and O–H groups in total. The van der Waals surface area contributed by atoms with Crippen LogP contribution in [-0.2, 0) is 6.42 Å². The standard InChI is InChI=1S/C19H15N/c1-2-7-14(8-3-1)13-15-9-6-11-17-16-10-4-5-12-18(16)20-19(15)17/h1-5,7-12H,6,13H2. The van der Waals surface area contributed by atoms with Crippen LogP contribution in [0.2, 0.25) is 0 Å². The number of rotatable bonds is 2. The molecule has 0 aromatic heterocycles. The van der Waals surface area contributed by atoms with Crippen LogP contribution >= 0.6 is 0 Å².